The maximum atomic E-state index is 12.4. The molecule has 4 aromatic rings. The molecule has 3 N–H and O–H groups in total. The first kappa shape index (κ1) is 27.2. The van der Waals surface area contributed by atoms with Crippen molar-refractivity contribution in [2.24, 2.45) is 0 Å². The van der Waals surface area contributed by atoms with Crippen molar-refractivity contribution in [3.05, 3.63) is 82.6 Å². The van der Waals surface area contributed by atoms with Gasteiger partial charge in [-0.05, 0) is 55.3 Å². The summed E-state index contributed by atoms with van der Waals surface area (Å²) in [6, 6.07) is 16.8. The van der Waals surface area contributed by atoms with Gasteiger partial charge >= 0.3 is 6.03 Å². The third-order valence-electron chi connectivity index (χ3n) is 5.89. The molecule has 0 radical (unpaired) electrons. The molecule has 0 unspecified atom stereocenters. The molecular weight excluding hydrogens is 526 g/mol. The van der Waals surface area contributed by atoms with Crippen LogP contribution in [0.3, 0.4) is 0 Å². The second-order valence-electron chi connectivity index (χ2n) is 8.81. The molecule has 0 fully saturated rings. The Bertz CT molecular complexity index is 1600. The van der Waals surface area contributed by atoms with Crippen LogP contribution in [0.4, 0.5) is 10.5 Å². The molecule has 3 aromatic carbocycles. The van der Waals surface area contributed by atoms with Crippen LogP contribution in [0.1, 0.15) is 30.8 Å². The van der Waals surface area contributed by atoms with Crippen LogP contribution in [0.5, 0.6) is 0 Å². The minimum atomic E-state index is -3.94. The molecule has 0 spiro atoms. The fraction of sp³-hybridized carbons (Fsp3) is 0.222. The predicted octanol–water partition coefficient (Wildman–Crippen LogP) is 4.74. The lowest BCUT2D eigenvalue weighted by Crippen LogP contribution is -2.40. The van der Waals surface area contributed by atoms with Crippen molar-refractivity contribution in [2.45, 2.75) is 38.5 Å². The van der Waals surface area contributed by atoms with E-state index in [1.165, 1.54) is 19.1 Å². The molecule has 0 aliphatic heterocycles. The Kier molecular flexibility index (Phi) is 8.03. The van der Waals surface area contributed by atoms with Gasteiger partial charge in [-0.15, -0.1) is 0 Å². The number of hydrogen-bond donors (Lipinski definition) is 3. The Labute approximate surface area is 226 Å². The average Bonchev–Trinajstić information content (AvgIpc) is 3.21. The van der Waals surface area contributed by atoms with Crippen molar-refractivity contribution in [1.82, 2.24) is 19.6 Å². The number of benzene rings is 3. The number of nitrogens with one attached hydrogen (secondary N) is 3. The van der Waals surface area contributed by atoms with Gasteiger partial charge in [-0.1, -0.05) is 48.4 Å². The summed E-state index contributed by atoms with van der Waals surface area (Å²) >= 11 is 6.42. The number of hydrogen-bond acceptors (Lipinski definition) is 5. The van der Waals surface area contributed by atoms with Gasteiger partial charge in [0.2, 0.25) is 5.91 Å². The number of fused-ring (bicyclic) bond motifs is 1. The summed E-state index contributed by atoms with van der Waals surface area (Å²) < 4.78 is 28.8. The number of urea groups is 1. The molecule has 38 heavy (non-hydrogen) atoms. The molecule has 0 saturated carbocycles. The number of imidazole rings is 1. The molecule has 11 heteroatoms. The van der Waals surface area contributed by atoms with Gasteiger partial charge in [-0.3, -0.25) is 9.36 Å². The van der Waals surface area contributed by atoms with Crippen LogP contribution in [0.25, 0.3) is 16.7 Å². The summed E-state index contributed by atoms with van der Waals surface area (Å²) in [6.07, 6.45) is 1.20. The quantitative estimate of drug-likeness (QED) is 0.291. The van der Waals surface area contributed by atoms with Gasteiger partial charge in [-0.25, -0.2) is 22.9 Å². The topological polar surface area (TPSA) is 122 Å². The smallest absolute Gasteiger partial charge is 0.328 e. The number of nitrogens with zero attached hydrogens (tertiary/aromatic N) is 2. The van der Waals surface area contributed by atoms with E-state index in [2.05, 4.69) is 10.6 Å². The van der Waals surface area contributed by atoms with Crippen LogP contribution in [0.2, 0.25) is 5.02 Å². The highest BCUT2D eigenvalue weighted by Crippen LogP contribution is 2.31. The third kappa shape index (κ3) is 6.15. The molecule has 0 bridgehead atoms. The monoisotopic (exact) mass is 553 g/mol. The number of aryl methyl sites for hydroxylation is 2. The Morgan fingerprint density at radius 3 is 2.34 bits per heavy atom. The molecular formula is C27H28ClN5O4S. The summed E-state index contributed by atoms with van der Waals surface area (Å²) in [6.45, 7) is 5.54. The lowest BCUT2D eigenvalue weighted by molar-refractivity contribution is -0.114. The number of aromatic nitrogens is 2. The second kappa shape index (κ2) is 11.2. The van der Waals surface area contributed by atoms with Gasteiger partial charge in [0.15, 0.2) is 0 Å². The first-order valence-corrected chi connectivity index (χ1v) is 13.9. The van der Waals surface area contributed by atoms with Gasteiger partial charge in [0.05, 0.1) is 26.6 Å². The second-order valence-corrected chi connectivity index (χ2v) is 10.9. The van der Waals surface area contributed by atoms with E-state index in [0.29, 0.717) is 23.6 Å². The van der Waals surface area contributed by atoms with Crippen LogP contribution in [0.15, 0.2) is 65.6 Å². The average molecular weight is 554 g/mol. The number of sulfonamides is 1. The van der Waals surface area contributed by atoms with Crippen LogP contribution < -0.4 is 15.4 Å². The third-order valence-corrected chi connectivity index (χ3v) is 7.55. The molecule has 0 aliphatic carbocycles. The largest absolute Gasteiger partial charge is 0.337 e. The molecule has 0 saturated heterocycles. The molecule has 1 aromatic heterocycles. The molecule has 4 rings (SSSR count). The zero-order valence-electron chi connectivity index (χ0n) is 21.2. The highest BCUT2D eigenvalue weighted by Gasteiger charge is 2.17. The van der Waals surface area contributed by atoms with Crippen LogP contribution in [0, 0.1) is 6.92 Å². The zero-order chi connectivity index (χ0) is 27.4. The van der Waals surface area contributed by atoms with E-state index in [9.17, 15) is 18.0 Å². The van der Waals surface area contributed by atoms with Crippen LogP contribution in [-0.2, 0) is 27.7 Å². The molecule has 9 nitrogen and oxygen atoms in total. The van der Waals surface area contributed by atoms with E-state index in [4.69, 9.17) is 16.6 Å². The highest BCUT2D eigenvalue weighted by molar-refractivity contribution is 7.90. The zero-order valence-corrected chi connectivity index (χ0v) is 22.8. The van der Waals surface area contributed by atoms with Crippen molar-refractivity contribution < 1.29 is 18.0 Å². The van der Waals surface area contributed by atoms with Gasteiger partial charge in [-0.2, -0.15) is 0 Å². The summed E-state index contributed by atoms with van der Waals surface area (Å²) in [5, 5.41) is 5.73. The van der Waals surface area contributed by atoms with E-state index in [0.717, 1.165) is 33.7 Å². The normalized spacial score (nSPS) is 11.4. The maximum Gasteiger partial charge on any atom is 0.328 e. The van der Waals surface area contributed by atoms with Crippen LogP contribution >= 0.6 is 11.6 Å². The van der Waals surface area contributed by atoms with Gasteiger partial charge in [0.1, 0.15) is 5.82 Å². The number of carbonyl (C=O) groups is 2. The lowest BCUT2D eigenvalue weighted by Gasteiger charge is -2.11. The lowest BCUT2D eigenvalue weighted by atomic mass is 10.1. The van der Waals surface area contributed by atoms with E-state index in [-0.39, 0.29) is 17.3 Å². The van der Waals surface area contributed by atoms with Gasteiger partial charge in [0.25, 0.3) is 10.0 Å². The Morgan fingerprint density at radius 2 is 1.71 bits per heavy atom. The summed E-state index contributed by atoms with van der Waals surface area (Å²) in [5.41, 5.74) is 4.83. The maximum absolute atomic E-state index is 12.4. The number of carbonyl (C=O) groups excluding carboxylic acids is 2. The van der Waals surface area contributed by atoms with E-state index < -0.39 is 16.1 Å². The number of rotatable bonds is 8. The van der Waals surface area contributed by atoms with Crippen molar-refractivity contribution in [3.8, 4) is 5.69 Å². The number of anilines is 1. The minimum Gasteiger partial charge on any atom is -0.337 e. The Morgan fingerprint density at radius 1 is 1.03 bits per heavy atom. The van der Waals surface area contributed by atoms with Crippen molar-refractivity contribution in [2.75, 3.05) is 11.9 Å². The van der Waals surface area contributed by atoms with Crippen molar-refractivity contribution in [1.29, 1.82) is 0 Å². The standard InChI is InChI=1S/C27H28ClN5O4S/c1-4-26-31-24-16-23(30-18(3)34)22(28)15-25(24)33(26)20-9-7-19(8-10-20)13-14-29-27(35)32-38(36,37)21-11-5-17(2)6-12-21/h5-12,15-16H,4,13-14H2,1-3H3,(H,30,34)(H2,29,32,35). The van der Waals surface area contributed by atoms with E-state index >= 15 is 0 Å². The number of amides is 3. The van der Waals surface area contributed by atoms with Crippen molar-refractivity contribution >= 4 is 50.3 Å². The predicted molar refractivity (Wildman–Crippen MR) is 148 cm³/mol. The number of halogens is 1. The van der Waals surface area contributed by atoms with E-state index in [1.54, 1.807) is 24.3 Å². The van der Waals surface area contributed by atoms with E-state index in [1.807, 2.05) is 47.4 Å². The highest BCUT2D eigenvalue weighted by atomic mass is 35.5. The first-order valence-electron chi connectivity index (χ1n) is 12.0. The van der Waals surface area contributed by atoms with Gasteiger partial charge < -0.3 is 10.6 Å². The SMILES string of the molecule is CCc1nc2cc(NC(C)=O)c(Cl)cc2n1-c1ccc(CCNC(=O)NS(=O)(=O)c2ccc(C)cc2)cc1. The molecule has 198 valence electrons. The fourth-order valence-corrected chi connectivity index (χ4v) is 5.16. The molecule has 0 atom stereocenters. The van der Waals surface area contributed by atoms with Crippen molar-refractivity contribution in [3.63, 3.8) is 0 Å². The first-order chi connectivity index (χ1) is 18.1. The summed E-state index contributed by atoms with van der Waals surface area (Å²) in [5.74, 6) is 0.633. The van der Waals surface area contributed by atoms with Gasteiger partial charge in [0, 0.05) is 25.6 Å². The molecule has 3 amide bonds. The Balaban J connectivity index is 1.42. The molecule has 0 aliphatic rings. The minimum absolute atomic E-state index is 0.0277. The molecule has 1 heterocycles. The fourth-order valence-electron chi connectivity index (χ4n) is 4.03. The Hall–Kier alpha value is -3.89. The summed E-state index contributed by atoms with van der Waals surface area (Å²) in [4.78, 5) is 28.4. The van der Waals surface area contributed by atoms with Crippen LogP contribution in [-0.4, -0.2) is 36.5 Å². The summed E-state index contributed by atoms with van der Waals surface area (Å²) in [7, 11) is -3.94.